The van der Waals surface area contributed by atoms with E-state index in [-0.39, 0.29) is 24.1 Å². The van der Waals surface area contributed by atoms with Gasteiger partial charge < -0.3 is 15.6 Å². The normalized spacial score (nSPS) is 13.8. The molecule has 0 aliphatic rings. The number of benzene rings is 1. The third-order valence-corrected chi connectivity index (χ3v) is 2.88. The Morgan fingerprint density at radius 2 is 2.05 bits per heavy atom. The second kappa shape index (κ2) is 7.74. The van der Waals surface area contributed by atoms with E-state index in [9.17, 15) is 9.18 Å². The number of halogens is 1. The molecule has 1 unspecified atom stereocenters. The number of nitrogens with two attached hydrogens (primary N) is 1. The standard InChI is InChI=1S/C14H20FNO3/c1-10(6-11(8-16)7-14(17)18)9-19-13-4-2-12(15)3-5-13/h2-5,10-11H,6-9,16H2,1H3,(H,17,18)/t10?,11-/m0/s1. The lowest BCUT2D eigenvalue weighted by Crippen LogP contribution is -2.22. The van der Waals surface area contributed by atoms with Crippen LogP contribution in [0.2, 0.25) is 0 Å². The minimum absolute atomic E-state index is 0.0377. The topological polar surface area (TPSA) is 72.5 Å². The summed E-state index contributed by atoms with van der Waals surface area (Å²) in [5, 5.41) is 8.74. The first-order chi connectivity index (χ1) is 9.01. The smallest absolute Gasteiger partial charge is 0.303 e. The van der Waals surface area contributed by atoms with Crippen molar-refractivity contribution in [3.63, 3.8) is 0 Å². The predicted octanol–water partition coefficient (Wildman–Crippen LogP) is 2.28. The monoisotopic (exact) mass is 269 g/mol. The molecule has 0 radical (unpaired) electrons. The number of carboxylic acid groups (broad SMARTS) is 1. The van der Waals surface area contributed by atoms with E-state index in [1.165, 1.54) is 12.1 Å². The van der Waals surface area contributed by atoms with Crippen LogP contribution < -0.4 is 10.5 Å². The van der Waals surface area contributed by atoms with Crippen molar-refractivity contribution >= 4 is 5.97 Å². The summed E-state index contributed by atoms with van der Waals surface area (Å²) >= 11 is 0. The van der Waals surface area contributed by atoms with Crippen molar-refractivity contribution in [3.8, 4) is 5.75 Å². The summed E-state index contributed by atoms with van der Waals surface area (Å²) in [5.74, 6) is -0.370. The maximum absolute atomic E-state index is 12.7. The first-order valence-electron chi connectivity index (χ1n) is 6.31. The lowest BCUT2D eigenvalue weighted by molar-refractivity contribution is -0.138. The zero-order valence-corrected chi connectivity index (χ0v) is 11.0. The molecule has 19 heavy (non-hydrogen) atoms. The molecule has 0 fully saturated rings. The van der Waals surface area contributed by atoms with Gasteiger partial charge in [0, 0.05) is 6.42 Å². The Hall–Kier alpha value is -1.62. The molecule has 0 bridgehead atoms. The Morgan fingerprint density at radius 1 is 1.42 bits per heavy atom. The van der Waals surface area contributed by atoms with Gasteiger partial charge in [-0.05, 0) is 49.1 Å². The van der Waals surface area contributed by atoms with Crippen molar-refractivity contribution in [3.05, 3.63) is 30.1 Å². The number of aliphatic carboxylic acids is 1. The maximum atomic E-state index is 12.7. The first-order valence-corrected chi connectivity index (χ1v) is 6.31. The van der Waals surface area contributed by atoms with Crippen molar-refractivity contribution in [1.29, 1.82) is 0 Å². The number of carbonyl (C=O) groups is 1. The van der Waals surface area contributed by atoms with Gasteiger partial charge in [0.1, 0.15) is 11.6 Å². The fraction of sp³-hybridized carbons (Fsp3) is 0.500. The third-order valence-electron chi connectivity index (χ3n) is 2.88. The van der Waals surface area contributed by atoms with Crippen molar-refractivity contribution in [1.82, 2.24) is 0 Å². The Labute approximate surface area is 112 Å². The van der Waals surface area contributed by atoms with Crippen molar-refractivity contribution in [2.75, 3.05) is 13.2 Å². The molecule has 0 spiro atoms. The van der Waals surface area contributed by atoms with Crippen LogP contribution >= 0.6 is 0 Å². The van der Waals surface area contributed by atoms with Crippen LogP contribution in [-0.2, 0) is 4.79 Å². The molecular formula is C14H20FNO3. The van der Waals surface area contributed by atoms with Crippen LogP contribution in [0.25, 0.3) is 0 Å². The molecule has 0 amide bonds. The highest BCUT2D eigenvalue weighted by Crippen LogP contribution is 2.17. The van der Waals surface area contributed by atoms with Crippen molar-refractivity contribution < 1.29 is 19.0 Å². The Morgan fingerprint density at radius 3 is 2.58 bits per heavy atom. The average Bonchev–Trinajstić information content (AvgIpc) is 2.36. The zero-order chi connectivity index (χ0) is 14.3. The Kier molecular flexibility index (Phi) is 6.29. The predicted molar refractivity (Wildman–Crippen MR) is 70.5 cm³/mol. The minimum Gasteiger partial charge on any atom is -0.493 e. The number of hydrogen-bond acceptors (Lipinski definition) is 3. The van der Waals surface area contributed by atoms with Crippen LogP contribution in [0.5, 0.6) is 5.75 Å². The number of hydrogen-bond donors (Lipinski definition) is 2. The molecule has 5 heteroatoms. The molecular weight excluding hydrogens is 249 g/mol. The summed E-state index contributed by atoms with van der Waals surface area (Å²) in [6.07, 6.45) is 0.779. The summed E-state index contributed by atoms with van der Waals surface area (Å²) < 4.78 is 18.2. The Balaban J connectivity index is 2.35. The molecule has 1 rings (SSSR count). The lowest BCUT2D eigenvalue weighted by Gasteiger charge is -2.18. The van der Waals surface area contributed by atoms with E-state index in [1.54, 1.807) is 12.1 Å². The van der Waals surface area contributed by atoms with E-state index in [2.05, 4.69) is 0 Å². The molecule has 2 atom stereocenters. The molecule has 1 aromatic carbocycles. The number of rotatable bonds is 8. The van der Waals surface area contributed by atoms with Gasteiger partial charge in [-0.25, -0.2) is 4.39 Å². The molecule has 0 heterocycles. The maximum Gasteiger partial charge on any atom is 0.303 e. The van der Waals surface area contributed by atoms with Crippen molar-refractivity contribution in [2.45, 2.75) is 19.8 Å². The van der Waals surface area contributed by atoms with E-state index in [4.69, 9.17) is 15.6 Å². The van der Waals surface area contributed by atoms with Gasteiger partial charge in [0.25, 0.3) is 0 Å². The summed E-state index contributed by atoms with van der Waals surface area (Å²) in [5.41, 5.74) is 5.55. The van der Waals surface area contributed by atoms with Crippen LogP contribution in [0, 0.1) is 17.7 Å². The number of ether oxygens (including phenoxy) is 1. The van der Waals surface area contributed by atoms with Crippen LogP contribution in [-0.4, -0.2) is 24.2 Å². The molecule has 0 aliphatic carbocycles. The van der Waals surface area contributed by atoms with E-state index in [1.807, 2.05) is 6.92 Å². The minimum atomic E-state index is -0.831. The molecule has 0 saturated carbocycles. The van der Waals surface area contributed by atoms with Gasteiger partial charge in [-0.3, -0.25) is 4.79 Å². The highest BCUT2D eigenvalue weighted by Gasteiger charge is 2.15. The molecule has 3 N–H and O–H groups in total. The van der Waals surface area contributed by atoms with Crippen LogP contribution in [0.1, 0.15) is 19.8 Å². The molecule has 0 aliphatic heterocycles. The SMILES string of the molecule is CC(COc1ccc(F)cc1)C[C@H](CN)CC(=O)O. The van der Waals surface area contributed by atoms with Gasteiger partial charge in [-0.15, -0.1) is 0 Å². The van der Waals surface area contributed by atoms with Gasteiger partial charge in [-0.2, -0.15) is 0 Å². The lowest BCUT2D eigenvalue weighted by atomic mass is 9.94. The van der Waals surface area contributed by atoms with Crippen molar-refractivity contribution in [2.24, 2.45) is 17.6 Å². The highest BCUT2D eigenvalue weighted by atomic mass is 19.1. The molecule has 0 aromatic heterocycles. The summed E-state index contributed by atoms with van der Waals surface area (Å²) in [7, 11) is 0. The molecule has 1 aromatic rings. The van der Waals surface area contributed by atoms with Crippen LogP contribution in [0.3, 0.4) is 0 Å². The quantitative estimate of drug-likeness (QED) is 0.759. The fourth-order valence-corrected chi connectivity index (χ4v) is 1.92. The highest BCUT2D eigenvalue weighted by molar-refractivity contribution is 5.67. The van der Waals surface area contributed by atoms with E-state index in [0.717, 1.165) is 0 Å². The first kappa shape index (κ1) is 15.4. The average molecular weight is 269 g/mol. The number of carboxylic acids is 1. The Bertz CT molecular complexity index is 394. The van der Waals surface area contributed by atoms with Gasteiger partial charge in [0.05, 0.1) is 6.61 Å². The van der Waals surface area contributed by atoms with Crippen LogP contribution in [0.15, 0.2) is 24.3 Å². The zero-order valence-electron chi connectivity index (χ0n) is 11.0. The molecule has 4 nitrogen and oxygen atoms in total. The molecule has 106 valence electrons. The van der Waals surface area contributed by atoms with E-state index in [0.29, 0.717) is 25.3 Å². The van der Waals surface area contributed by atoms with E-state index >= 15 is 0 Å². The summed E-state index contributed by atoms with van der Waals surface area (Å²) in [6.45, 7) is 2.79. The largest absolute Gasteiger partial charge is 0.493 e. The molecule has 0 saturated heterocycles. The summed E-state index contributed by atoms with van der Waals surface area (Å²) in [6, 6.07) is 5.82. The van der Waals surface area contributed by atoms with Gasteiger partial charge >= 0.3 is 5.97 Å². The van der Waals surface area contributed by atoms with Gasteiger partial charge in [-0.1, -0.05) is 6.92 Å². The van der Waals surface area contributed by atoms with Crippen LogP contribution in [0.4, 0.5) is 4.39 Å². The summed E-state index contributed by atoms with van der Waals surface area (Å²) in [4.78, 5) is 10.6. The van der Waals surface area contributed by atoms with Gasteiger partial charge in [0.2, 0.25) is 0 Å². The fourth-order valence-electron chi connectivity index (χ4n) is 1.92. The third kappa shape index (κ3) is 6.20. The van der Waals surface area contributed by atoms with Gasteiger partial charge in [0.15, 0.2) is 0 Å². The second-order valence-electron chi connectivity index (χ2n) is 4.81. The second-order valence-corrected chi connectivity index (χ2v) is 4.81. The van der Waals surface area contributed by atoms with E-state index < -0.39 is 5.97 Å².